The summed E-state index contributed by atoms with van der Waals surface area (Å²) >= 11 is 0. The van der Waals surface area contributed by atoms with Gasteiger partial charge in [-0.25, -0.2) is 0 Å². The van der Waals surface area contributed by atoms with Crippen LogP contribution in [0, 0.1) is 11.8 Å². The minimum absolute atomic E-state index is 0.180. The van der Waals surface area contributed by atoms with Gasteiger partial charge in [0, 0.05) is 11.1 Å². The summed E-state index contributed by atoms with van der Waals surface area (Å²) in [4.78, 5) is 32.3. The summed E-state index contributed by atoms with van der Waals surface area (Å²) in [5, 5.41) is 15.4. The maximum atomic E-state index is 13.4. The molecule has 0 amide bonds. The van der Waals surface area contributed by atoms with Crippen LogP contribution in [-0.2, 0) is 22.4 Å². The van der Waals surface area contributed by atoms with Crippen molar-refractivity contribution in [2.45, 2.75) is 98.3 Å². The number of hydrogen-bond donors (Lipinski definition) is 2. The van der Waals surface area contributed by atoms with Gasteiger partial charge in [0.25, 0.3) is 0 Å². The van der Waals surface area contributed by atoms with Crippen molar-refractivity contribution in [2.24, 2.45) is 11.8 Å². The predicted octanol–water partition coefficient (Wildman–Crippen LogP) is 7.98. The molecule has 0 aliphatic carbocycles. The van der Waals surface area contributed by atoms with E-state index >= 15 is 0 Å². The quantitative estimate of drug-likeness (QED) is 0.176. The molecule has 0 heterocycles. The Morgan fingerprint density at radius 1 is 0.703 bits per heavy atom. The van der Waals surface area contributed by atoms with Crippen LogP contribution >= 0.6 is 0 Å². The minimum atomic E-state index is -1.31. The summed E-state index contributed by atoms with van der Waals surface area (Å²) in [5.74, 6) is -1.08. The Kier molecular flexibility index (Phi) is 15.9. The lowest BCUT2D eigenvalue weighted by atomic mass is 9.82. The van der Waals surface area contributed by atoms with E-state index < -0.39 is 18.4 Å². The molecule has 2 atom stereocenters. The first-order chi connectivity index (χ1) is 17.8. The molecule has 2 aromatic rings. The van der Waals surface area contributed by atoms with E-state index in [2.05, 4.69) is 45.9 Å². The van der Waals surface area contributed by atoms with E-state index in [0.29, 0.717) is 11.8 Å². The van der Waals surface area contributed by atoms with E-state index in [0.717, 1.165) is 24.0 Å². The van der Waals surface area contributed by atoms with Crippen LogP contribution in [0.15, 0.2) is 48.5 Å². The van der Waals surface area contributed by atoms with Gasteiger partial charge in [-0.3, -0.25) is 14.4 Å². The van der Waals surface area contributed by atoms with E-state index in [4.69, 9.17) is 10.2 Å². The highest BCUT2D eigenvalue weighted by Crippen LogP contribution is 2.29. The van der Waals surface area contributed by atoms with E-state index in [1.807, 2.05) is 30.3 Å². The summed E-state index contributed by atoms with van der Waals surface area (Å²) in [6.07, 6.45) is 11.3. The normalized spacial score (nSPS) is 12.2. The van der Waals surface area contributed by atoms with Gasteiger partial charge >= 0.3 is 11.9 Å². The summed E-state index contributed by atoms with van der Waals surface area (Å²) in [5.41, 5.74) is 4.47. The molecule has 204 valence electrons. The summed E-state index contributed by atoms with van der Waals surface area (Å²) < 4.78 is 0. The summed E-state index contributed by atoms with van der Waals surface area (Å²) in [6, 6.07) is 16.3. The minimum Gasteiger partial charge on any atom is -0.481 e. The van der Waals surface area contributed by atoms with Crippen molar-refractivity contribution < 1.29 is 24.6 Å². The number of carbonyl (C=O) groups excluding carboxylic acids is 1. The van der Waals surface area contributed by atoms with Gasteiger partial charge in [-0.05, 0) is 35.8 Å². The zero-order valence-corrected chi connectivity index (χ0v) is 23.2. The third-order valence-corrected chi connectivity index (χ3v) is 6.94. The second kappa shape index (κ2) is 18.3. The molecule has 0 saturated heterocycles. The van der Waals surface area contributed by atoms with Crippen molar-refractivity contribution in [1.29, 1.82) is 0 Å². The van der Waals surface area contributed by atoms with Crippen LogP contribution in [0.4, 0.5) is 0 Å². The average Bonchev–Trinajstić information content (AvgIpc) is 2.89. The fourth-order valence-electron chi connectivity index (χ4n) is 4.64. The number of carbonyl (C=O) groups is 3. The molecular formula is C32H46O5. The molecule has 5 nitrogen and oxygen atoms in total. The van der Waals surface area contributed by atoms with Gasteiger partial charge < -0.3 is 10.2 Å². The van der Waals surface area contributed by atoms with E-state index in [9.17, 15) is 14.4 Å². The Morgan fingerprint density at radius 2 is 1.24 bits per heavy atom. The highest BCUT2D eigenvalue weighted by molar-refractivity contribution is 6.10. The fourth-order valence-corrected chi connectivity index (χ4v) is 4.64. The number of hydrogen-bond acceptors (Lipinski definition) is 3. The molecule has 0 bridgehead atoms. The van der Waals surface area contributed by atoms with Gasteiger partial charge in [0.2, 0.25) is 0 Å². The molecule has 0 saturated carbocycles. The van der Waals surface area contributed by atoms with Gasteiger partial charge in [0.1, 0.15) is 6.42 Å². The third kappa shape index (κ3) is 12.2. The Bertz CT molecular complexity index is 939. The lowest BCUT2D eigenvalue weighted by Crippen LogP contribution is -2.15. The second-order valence-corrected chi connectivity index (χ2v) is 9.84. The smallest absolute Gasteiger partial charge is 0.314 e. The topological polar surface area (TPSA) is 91.7 Å². The lowest BCUT2D eigenvalue weighted by molar-refractivity contribution is -0.147. The molecule has 37 heavy (non-hydrogen) atoms. The maximum Gasteiger partial charge on any atom is 0.314 e. The Morgan fingerprint density at radius 3 is 1.70 bits per heavy atom. The van der Waals surface area contributed by atoms with Crippen LogP contribution < -0.4 is 0 Å². The zero-order valence-electron chi connectivity index (χ0n) is 23.2. The lowest BCUT2D eigenvalue weighted by Gasteiger charge is -2.22. The summed E-state index contributed by atoms with van der Waals surface area (Å²) in [7, 11) is 0. The molecule has 5 heteroatoms. The van der Waals surface area contributed by atoms with Crippen molar-refractivity contribution in [2.75, 3.05) is 0 Å². The molecule has 2 unspecified atom stereocenters. The molecule has 0 aromatic heterocycles. The van der Waals surface area contributed by atoms with Gasteiger partial charge in [0.15, 0.2) is 5.78 Å². The maximum absolute atomic E-state index is 13.4. The van der Waals surface area contributed by atoms with Crippen LogP contribution in [0.3, 0.4) is 0 Å². The standard InChI is InChI=1S/C29H42O.C3H4O4/c1-5-9-15-23(7-3)21-26-19-14-20-27(29(30)25-17-12-11-13-18-25)28(26)22-24(8-4)16-10-6-2;4-2(5)1-3(6)7/h11-14,17-20,23-24H,5-10,15-16,21-22H2,1-4H3;1H2,(H,4,5)(H,6,7). The van der Waals surface area contributed by atoms with Crippen LogP contribution in [0.25, 0.3) is 0 Å². The van der Waals surface area contributed by atoms with Crippen LogP contribution in [-0.4, -0.2) is 27.9 Å². The monoisotopic (exact) mass is 510 g/mol. The van der Waals surface area contributed by atoms with Crippen LogP contribution in [0.5, 0.6) is 0 Å². The number of unbranched alkanes of at least 4 members (excludes halogenated alkanes) is 2. The van der Waals surface area contributed by atoms with Gasteiger partial charge in [-0.1, -0.05) is 128 Å². The number of aliphatic carboxylic acids is 2. The van der Waals surface area contributed by atoms with Gasteiger partial charge in [-0.2, -0.15) is 0 Å². The highest BCUT2D eigenvalue weighted by atomic mass is 16.4. The Labute approximate surface area is 223 Å². The number of benzene rings is 2. The molecule has 0 aliphatic rings. The summed E-state index contributed by atoms with van der Waals surface area (Å²) in [6.45, 7) is 9.16. The zero-order chi connectivity index (χ0) is 27.6. The van der Waals surface area contributed by atoms with Crippen molar-refractivity contribution in [1.82, 2.24) is 0 Å². The van der Waals surface area contributed by atoms with Crippen molar-refractivity contribution in [3.05, 3.63) is 70.8 Å². The van der Waals surface area contributed by atoms with Crippen LogP contribution in [0.2, 0.25) is 0 Å². The van der Waals surface area contributed by atoms with E-state index in [1.165, 1.54) is 62.5 Å². The molecule has 2 rings (SSSR count). The van der Waals surface area contributed by atoms with Crippen molar-refractivity contribution >= 4 is 17.7 Å². The average molecular weight is 511 g/mol. The van der Waals surface area contributed by atoms with E-state index in [-0.39, 0.29) is 5.78 Å². The number of carboxylic acid groups (broad SMARTS) is 2. The number of rotatable bonds is 16. The molecule has 0 aliphatic heterocycles. The SMILES string of the molecule is CCCCC(CC)Cc1cccc(C(=O)c2ccccc2)c1CC(CC)CCCC.O=C(O)CC(=O)O. The molecule has 0 spiro atoms. The first kappa shape index (κ1) is 32.1. The Hall–Kier alpha value is -2.95. The van der Waals surface area contributed by atoms with Crippen molar-refractivity contribution in [3.8, 4) is 0 Å². The molecule has 2 N–H and O–H groups in total. The molecule has 0 radical (unpaired) electrons. The van der Waals surface area contributed by atoms with E-state index in [1.54, 1.807) is 0 Å². The number of carboxylic acids is 2. The van der Waals surface area contributed by atoms with Crippen LogP contribution in [0.1, 0.15) is 113 Å². The fraction of sp³-hybridized carbons (Fsp3) is 0.531. The molecule has 2 aromatic carbocycles. The van der Waals surface area contributed by atoms with Gasteiger partial charge in [-0.15, -0.1) is 0 Å². The Balaban J connectivity index is 0.000000856. The third-order valence-electron chi connectivity index (χ3n) is 6.94. The predicted molar refractivity (Wildman–Crippen MR) is 150 cm³/mol. The molecule has 0 fully saturated rings. The van der Waals surface area contributed by atoms with Crippen molar-refractivity contribution in [3.63, 3.8) is 0 Å². The second-order valence-electron chi connectivity index (χ2n) is 9.84. The van der Waals surface area contributed by atoms with Gasteiger partial charge in [0.05, 0.1) is 0 Å². The number of ketones is 1. The first-order valence-corrected chi connectivity index (χ1v) is 13.9. The largest absolute Gasteiger partial charge is 0.481 e. The molecular weight excluding hydrogens is 464 g/mol. The highest BCUT2D eigenvalue weighted by Gasteiger charge is 2.20. The first-order valence-electron chi connectivity index (χ1n) is 13.9.